The Morgan fingerprint density at radius 2 is 2.08 bits per heavy atom. The van der Waals surface area contributed by atoms with E-state index in [2.05, 4.69) is 33.8 Å². The second-order valence-electron chi connectivity index (χ2n) is 4.98. The summed E-state index contributed by atoms with van der Waals surface area (Å²) < 4.78 is 0. The lowest BCUT2D eigenvalue weighted by atomic mass is 9.72. The molecule has 74 valence electrons. The molecule has 1 aliphatic carbocycles. The van der Waals surface area contributed by atoms with E-state index < -0.39 is 0 Å². The molecular weight excluding hydrogens is 160 g/mol. The number of carbonyl (C=O) groups excluding carboxylic acids is 1. The maximum absolute atomic E-state index is 11.1. The van der Waals surface area contributed by atoms with Gasteiger partial charge in [-0.15, -0.1) is 0 Å². The number of hydrogen-bond acceptors (Lipinski definition) is 1. The number of hydrogen-bond donors (Lipinski definition) is 0. The molecule has 0 spiro atoms. The number of allylic oxidation sites excluding steroid dienone is 2. The first-order chi connectivity index (χ1) is 5.85. The van der Waals surface area contributed by atoms with E-state index in [4.69, 9.17) is 0 Å². The zero-order chi connectivity index (χ0) is 10.2. The lowest BCUT2D eigenvalue weighted by Gasteiger charge is -2.32. The van der Waals surface area contributed by atoms with Crippen molar-refractivity contribution in [1.82, 2.24) is 0 Å². The van der Waals surface area contributed by atoms with Crippen LogP contribution in [0.3, 0.4) is 0 Å². The van der Waals surface area contributed by atoms with Crippen LogP contribution in [0.1, 0.15) is 41.0 Å². The highest BCUT2D eigenvalue weighted by Gasteiger charge is 2.39. The van der Waals surface area contributed by atoms with Crippen LogP contribution in [-0.4, -0.2) is 5.78 Å². The van der Waals surface area contributed by atoms with Gasteiger partial charge in [0, 0.05) is 6.42 Å². The summed E-state index contributed by atoms with van der Waals surface area (Å²) in [6, 6.07) is 0. The van der Waals surface area contributed by atoms with Crippen LogP contribution < -0.4 is 0 Å². The van der Waals surface area contributed by atoms with Crippen molar-refractivity contribution in [3.05, 3.63) is 11.6 Å². The molecule has 0 saturated carbocycles. The van der Waals surface area contributed by atoms with Crippen molar-refractivity contribution >= 4 is 5.78 Å². The summed E-state index contributed by atoms with van der Waals surface area (Å²) in [7, 11) is 0. The molecule has 2 unspecified atom stereocenters. The minimum Gasteiger partial charge on any atom is -0.300 e. The summed E-state index contributed by atoms with van der Waals surface area (Å²) in [5, 5.41) is 0. The summed E-state index contributed by atoms with van der Waals surface area (Å²) in [5.41, 5.74) is 1.66. The maximum atomic E-state index is 11.1. The third-order valence-corrected chi connectivity index (χ3v) is 3.63. The average molecular weight is 180 g/mol. The van der Waals surface area contributed by atoms with E-state index >= 15 is 0 Å². The topological polar surface area (TPSA) is 17.1 Å². The van der Waals surface area contributed by atoms with Crippen LogP contribution in [0.4, 0.5) is 0 Å². The van der Waals surface area contributed by atoms with E-state index in [0.717, 1.165) is 0 Å². The summed E-state index contributed by atoms with van der Waals surface area (Å²) in [6.45, 7) is 10.6. The van der Waals surface area contributed by atoms with Gasteiger partial charge in [0.05, 0.1) is 0 Å². The van der Waals surface area contributed by atoms with Gasteiger partial charge >= 0.3 is 0 Å². The molecule has 0 aromatic heterocycles. The van der Waals surface area contributed by atoms with Crippen LogP contribution in [0, 0.1) is 17.3 Å². The van der Waals surface area contributed by atoms with Crippen molar-refractivity contribution < 1.29 is 4.79 Å². The number of Topliss-reactive ketones (excluding diaryl/α,β-unsaturated/α-hetero) is 1. The van der Waals surface area contributed by atoms with Gasteiger partial charge in [-0.2, -0.15) is 0 Å². The summed E-state index contributed by atoms with van der Waals surface area (Å²) in [4.78, 5) is 11.1. The summed E-state index contributed by atoms with van der Waals surface area (Å²) >= 11 is 0. The van der Waals surface area contributed by atoms with Crippen molar-refractivity contribution in [3.63, 3.8) is 0 Å². The molecule has 2 atom stereocenters. The fraction of sp³-hybridized carbons (Fsp3) is 0.750. The summed E-state index contributed by atoms with van der Waals surface area (Å²) in [6.07, 6.45) is 3.02. The molecule has 0 aromatic carbocycles. The molecule has 13 heavy (non-hydrogen) atoms. The molecule has 1 heteroatoms. The Balaban J connectivity index is 2.84. The minimum atomic E-state index is 0.260. The van der Waals surface area contributed by atoms with Gasteiger partial charge in [0.2, 0.25) is 0 Å². The fourth-order valence-corrected chi connectivity index (χ4v) is 2.34. The molecule has 1 nitrogen and oxygen atoms in total. The average Bonchev–Trinajstić information content (AvgIpc) is 2.13. The first kappa shape index (κ1) is 10.5. The molecule has 1 rings (SSSR count). The molecule has 0 amide bonds. The maximum Gasteiger partial charge on any atom is 0.130 e. The number of carbonyl (C=O) groups is 1. The van der Waals surface area contributed by atoms with E-state index in [0.29, 0.717) is 24.0 Å². The third kappa shape index (κ3) is 1.84. The highest BCUT2D eigenvalue weighted by Crippen LogP contribution is 2.47. The van der Waals surface area contributed by atoms with Gasteiger partial charge in [-0.3, -0.25) is 0 Å². The zero-order valence-electron chi connectivity index (χ0n) is 9.35. The Labute approximate surface area is 81.2 Å². The predicted molar refractivity (Wildman–Crippen MR) is 55.5 cm³/mol. The van der Waals surface area contributed by atoms with Crippen LogP contribution in [0.15, 0.2) is 11.6 Å². The first-order valence-corrected chi connectivity index (χ1v) is 5.03. The Bertz CT molecular complexity index is 248. The van der Waals surface area contributed by atoms with Crippen molar-refractivity contribution in [2.45, 2.75) is 41.0 Å². The molecule has 0 fully saturated rings. The standard InChI is InChI=1S/C12H20O/c1-8-6-9(2)12(4,5)11(8)7-10(3)13/h6,9,11H,7H2,1-5H3. The van der Waals surface area contributed by atoms with E-state index in [1.54, 1.807) is 6.92 Å². The van der Waals surface area contributed by atoms with E-state index in [1.807, 2.05) is 0 Å². The largest absolute Gasteiger partial charge is 0.300 e. The Morgan fingerprint density at radius 1 is 1.54 bits per heavy atom. The molecule has 0 aromatic rings. The second-order valence-corrected chi connectivity index (χ2v) is 4.98. The minimum absolute atomic E-state index is 0.260. The quantitative estimate of drug-likeness (QED) is 0.596. The lowest BCUT2D eigenvalue weighted by Crippen LogP contribution is -2.26. The Hall–Kier alpha value is -0.590. The van der Waals surface area contributed by atoms with Gasteiger partial charge in [0.25, 0.3) is 0 Å². The Kier molecular flexibility index (Phi) is 2.65. The van der Waals surface area contributed by atoms with Crippen LogP contribution >= 0.6 is 0 Å². The molecule has 0 N–H and O–H groups in total. The summed E-state index contributed by atoms with van der Waals surface area (Å²) in [5.74, 6) is 1.36. The third-order valence-electron chi connectivity index (χ3n) is 3.63. The van der Waals surface area contributed by atoms with E-state index in [9.17, 15) is 4.79 Å². The highest BCUT2D eigenvalue weighted by molar-refractivity contribution is 5.76. The van der Waals surface area contributed by atoms with Crippen molar-refractivity contribution in [3.8, 4) is 0 Å². The van der Waals surface area contributed by atoms with Crippen LogP contribution in [-0.2, 0) is 4.79 Å². The fourth-order valence-electron chi connectivity index (χ4n) is 2.34. The van der Waals surface area contributed by atoms with Gasteiger partial charge in [0.1, 0.15) is 5.78 Å². The van der Waals surface area contributed by atoms with Crippen molar-refractivity contribution in [2.24, 2.45) is 17.3 Å². The smallest absolute Gasteiger partial charge is 0.130 e. The lowest BCUT2D eigenvalue weighted by molar-refractivity contribution is -0.118. The molecular formula is C12H20O. The van der Waals surface area contributed by atoms with Gasteiger partial charge in [-0.25, -0.2) is 0 Å². The normalized spacial score (nSPS) is 31.6. The van der Waals surface area contributed by atoms with Crippen LogP contribution in [0.25, 0.3) is 0 Å². The van der Waals surface area contributed by atoms with Gasteiger partial charge in [-0.1, -0.05) is 32.4 Å². The molecule has 1 aliphatic rings. The van der Waals surface area contributed by atoms with Crippen LogP contribution in [0.5, 0.6) is 0 Å². The molecule has 0 saturated heterocycles. The monoisotopic (exact) mass is 180 g/mol. The van der Waals surface area contributed by atoms with Crippen LogP contribution in [0.2, 0.25) is 0 Å². The van der Waals surface area contributed by atoms with E-state index in [-0.39, 0.29) is 5.41 Å². The molecule has 0 radical (unpaired) electrons. The van der Waals surface area contributed by atoms with Crippen molar-refractivity contribution in [2.75, 3.05) is 0 Å². The van der Waals surface area contributed by atoms with Crippen molar-refractivity contribution in [1.29, 1.82) is 0 Å². The predicted octanol–water partition coefficient (Wildman–Crippen LogP) is 3.20. The molecule has 0 bridgehead atoms. The van der Waals surface area contributed by atoms with E-state index in [1.165, 1.54) is 5.57 Å². The SMILES string of the molecule is CC(=O)CC1C(C)=CC(C)C1(C)C. The van der Waals surface area contributed by atoms with Gasteiger partial charge in [-0.05, 0) is 31.1 Å². The second kappa shape index (κ2) is 3.28. The number of ketones is 1. The highest BCUT2D eigenvalue weighted by atomic mass is 16.1. The van der Waals surface area contributed by atoms with Gasteiger partial charge in [0.15, 0.2) is 0 Å². The number of rotatable bonds is 2. The first-order valence-electron chi connectivity index (χ1n) is 5.03. The Morgan fingerprint density at radius 3 is 2.38 bits per heavy atom. The molecule has 0 aliphatic heterocycles. The van der Waals surface area contributed by atoms with Gasteiger partial charge < -0.3 is 4.79 Å². The molecule has 0 heterocycles. The zero-order valence-corrected chi connectivity index (χ0v) is 9.35.